The minimum absolute atomic E-state index is 0.413. The Bertz CT molecular complexity index is 322. The summed E-state index contributed by atoms with van der Waals surface area (Å²) in [6.45, 7) is 10.1. The van der Waals surface area contributed by atoms with Crippen molar-refractivity contribution in [2.75, 3.05) is 0 Å². The van der Waals surface area contributed by atoms with Gasteiger partial charge in [-0.25, -0.2) is 0 Å². The lowest BCUT2D eigenvalue weighted by Gasteiger charge is -2.12. The third-order valence-electron chi connectivity index (χ3n) is 2.53. The Labute approximate surface area is 92.5 Å². The zero-order chi connectivity index (χ0) is 11.4. The number of hydrogen-bond donors (Lipinski definition) is 1. The fourth-order valence-electron chi connectivity index (χ4n) is 1.55. The van der Waals surface area contributed by atoms with Crippen LogP contribution in [0.5, 0.6) is 0 Å². The Morgan fingerprint density at radius 1 is 1.20 bits per heavy atom. The number of hydrogen-bond acceptors (Lipinski definition) is 1. The third kappa shape index (κ3) is 3.52. The zero-order valence-corrected chi connectivity index (χ0v) is 9.83. The highest BCUT2D eigenvalue weighted by molar-refractivity contribution is 5.26. The van der Waals surface area contributed by atoms with Crippen molar-refractivity contribution >= 4 is 0 Å². The molecule has 0 aliphatic carbocycles. The third-order valence-corrected chi connectivity index (χ3v) is 2.53. The van der Waals surface area contributed by atoms with Crippen LogP contribution in [0.2, 0.25) is 0 Å². The van der Waals surface area contributed by atoms with E-state index in [0.29, 0.717) is 12.3 Å². The highest BCUT2D eigenvalue weighted by Crippen LogP contribution is 2.22. The van der Waals surface area contributed by atoms with Crippen LogP contribution in [-0.4, -0.2) is 5.11 Å². The standard InChI is InChI=1S/C14H20O/c1-10(2)9-14(15)13-7-5-12(6-8-13)11(3)4/h5-8,11,14-15H,1,9H2,2-4H3. The van der Waals surface area contributed by atoms with Gasteiger partial charge in [0.25, 0.3) is 0 Å². The van der Waals surface area contributed by atoms with Gasteiger partial charge in [0.2, 0.25) is 0 Å². The van der Waals surface area contributed by atoms with E-state index in [-0.39, 0.29) is 0 Å². The lowest BCUT2D eigenvalue weighted by molar-refractivity contribution is 0.178. The minimum Gasteiger partial charge on any atom is -0.388 e. The van der Waals surface area contributed by atoms with Crippen molar-refractivity contribution < 1.29 is 5.11 Å². The molecule has 1 aromatic rings. The molecule has 0 saturated heterocycles. The second-order valence-corrected chi connectivity index (χ2v) is 4.50. The summed E-state index contributed by atoms with van der Waals surface area (Å²) in [7, 11) is 0. The fraction of sp³-hybridized carbons (Fsp3) is 0.429. The SMILES string of the molecule is C=C(C)CC(O)c1ccc(C(C)C)cc1. The molecule has 0 aliphatic rings. The first kappa shape index (κ1) is 12.0. The predicted molar refractivity (Wildman–Crippen MR) is 64.9 cm³/mol. The molecule has 0 amide bonds. The Hall–Kier alpha value is -1.08. The van der Waals surface area contributed by atoms with Crippen LogP contribution in [0.4, 0.5) is 0 Å². The molecule has 1 rings (SSSR count). The van der Waals surface area contributed by atoms with Gasteiger partial charge in [-0.2, -0.15) is 0 Å². The number of benzene rings is 1. The summed E-state index contributed by atoms with van der Waals surface area (Å²) in [5, 5.41) is 9.86. The molecule has 15 heavy (non-hydrogen) atoms. The van der Waals surface area contributed by atoms with Crippen molar-refractivity contribution in [3.63, 3.8) is 0 Å². The van der Waals surface area contributed by atoms with Gasteiger partial charge in [-0.15, -0.1) is 6.58 Å². The largest absolute Gasteiger partial charge is 0.388 e. The summed E-state index contributed by atoms with van der Waals surface area (Å²) >= 11 is 0. The van der Waals surface area contributed by atoms with E-state index in [4.69, 9.17) is 0 Å². The molecule has 0 fully saturated rings. The topological polar surface area (TPSA) is 20.2 Å². The monoisotopic (exact) mass is 204 g/mol. The van der Waals surface area contributed by atoms with Crippen LogP contribution in [0, 0.1) is 0 Å². The molecule has 0 heterocycles. The molecule has 0 spiro atoms. The van der Waals surface area contributed by atoms with Gasteiger partial charge in [-0.3, -0.25) is 0 Å². The summed E-state index contributed by atoms with van der Waals surface area (Å²) in [5.41, 5.74) is 3.29. The Morgan fingerprint density at radius 2 is 1.67 bits per heavy atom. The zero-order valence-electron chi connectivity index (χ0n) is 9.83. The van der Waals surface area contributed by atoms with Gasteiger partial charge in [-0.05, 0) is 30.4 Å². The fourth-order valence-corrected chi connectivity index (χ4v) is 1.55. The van der Waals surface area contributed by atoms with Crippen molar-refractivity contribution in [3.05, 3.63) is 47.5 Å². The molecule has 1 atom stereocenters. The van der Waals surface area contributed by atoms with Crippen molar-refractivity contribution in [1.82, 2.24) is 0 Å². The lowest BCUT2D eigenvalue weighted by Crippen LogP contribution is -1.98. The Kier molecular flexibility index (Phi) is 4.10. The summed E-state index contributed by atoms with van der Waals surface area (Å²) in [5.74, 6) is 0.539. The van der Waals surface area contributed by atoms with Gasteiger partial charge in [-0.1, -0.05) is 43.7 Å². The maximum absolute atomic E-state index is 9.86. The summed E-state index contributed by atoms with van der Waals surface area (Å²) in [4.78, 5) is 0. The van der Waals surface area contributed by atoms with Crippen LogP contribution in [0.1, 0.15) is 50.3 Å². The van der Waals surface area contributed by atoms with Crippen LogP contribution in [-0.2, 0) is 0 Å². The van der Waals surface area contributed by atoms with Crippen LogP contribution >= 0.6 is 0 Å². The number of aliphatic hydroxyl groups excluding tert-OH is 1. The first-order valence-electron chi connectivity index (χ1n) is 5.43. The molecule has 0 saturated carbocycles. The summed E-state index contributed by atoms with van der Waals surface area (Å²) in [6, 6.07) is 8.18. The van der Waals surface area contributed by atoms with Crippen LogP contribution < -0.4 is 0 Å². The highest BCUT2D eigenvalue weighted by Gasteiger charge is 2.07. The molecular weight excluding hydrogens is 184 g/mol. The van der Waals surface area contributed by atoms with Gasteiger partial charge in [0, 0.05) is 0 Å². The van der Waals surface area contributed by atoms with Gasteiger partial charge >= 0.3 is 0 Å². The van der Waals surface area contributed by atoms with Gasteiger partial charge in [0.05, 0.1) is 6.10 Å². The smallest absolute Gasteiger partial charge is 0.0826 e. The van der Waals surface area contributed by atoms with E-state index in [1.54, 1.807) is 0 Å². The van der Waals surface area contributed by atoms with Gasteiger partial charge < -0.3 is 5.11 Å². The normalized spacial score (nSPS) is 12.9. The maximum Gasteiger partial charge on any atom is 0.0826 e. The van der Waals surface area contributed by atoms with Crippen molar-refractivity contribution in [2.24, 2.45) is 0 Å². The second kappa shape index (κ2) is 5.13. The first-order valence-corrected chi connectivity index (χ1v) is 5.43. The summed E-state index contributed by atoms with van der Waals surface area (Å²) in [6.07, 6.45) is 0.227. The van der Waals surface area contributed by atoms with Crippen molar-refractivity contribution in [3.8, 4) is 0 Å². The van der Waals surface area contributed by atoms with E-state index in [9.17, 15) is 5.11 Å². The molecule has 0 aliphatic heterocycles. The first-order chi connectivity index (χ1) is 7.00. The maximum atomic E-state index is 9.86. The quantitative estimate of drug-likeness (QED) is 0.739. The molecule has 0 radical (unpaired) electrons. The lowest BCUT2D eigenvalue weighted by atomic mass is 9.98. The van der Waals surface area contributed by atoms with Crippen LogP contribution in [0.15, 0.2) is 36.4 Å². The van der Waals surface area contributed by atoms with Crippen LogP contribution in [0.25, 0.3) is 0 Å². The second-order valence-electron chi connectivity index (χ2n) is 4.50. The van der Waals surface area contributed by atoms with E-state index in [2.05, 4.69) is 32.6 Å². The molecule has 1 aromatic carbocycles. The van der Waals surface area contributed by atoms with Crippen molar-refractivity contribution in [1.29, 1.82) is 0 Å². The van der Waals surface area contributed by atoms with E-state index < -0.39 is 6.10 Å². The van der Waals surface area contributed by atoms with Gasteiger partial charge in [0.15, 0.2) is 0 Å². The predicted octanol–water partition coefficient (Wildman–Crippen LogP) is 3.81. The molecule has 1 unspecified atom stereocenters. The van der Waals surface area contributed by atoms with E-state index >= 15 is 0 Å². The molecule has 1 heteroatoms. The average molecular weight is 204 g/mol. The average Bonchev–Trinajstić information content (AvgIpc) is 2.17. The molecule has 1 nitrogen and oxygen atoms in total. The molecule has 0 bridgehead atoms. The molecule has 1 N–H and O–H groups in total. The van der Waals surface area contributed by atoms with E-state index in [1.165, 1.54) is 5.56 Å². The highest BCUT2D eigenvalue weighted by atomic mass is 16.3. The van der Waals surface area contributed by atoms with Crippen molar-refractivity contribution in [2.45, 2.75) is 39.2 Å². The minimum atomic E-state index is -0.413. The molecular formula is C14H20O. The Morgan fingerprint density at radius 3 is 2.07 bits per heavy atom. The molecule has 82 valence electrons. The summed E-state index contributed by atoms with van der Waals surface area (Å²) < 4.78 is 0. The number of rotatable bonds is 4. The van der Waals surface area contributed by atoms with Crippen LogP contribution in [0.3, 0.4) is 0 Å². The van der Waals surface area contributed by atoms with Gasteiger partial charge in [0.1, 0.15) is 0 Å². The van der Waals surface area contributed by atoms with E-state index in [0.717, 1.165) is 11.1 Å². The Balaban J connectivity index is 2.75. The number of aliphatic hydroxyl groups is 1. The molecule has 0 aromatic heterocycles. The van der Waals surface area contributed by atoms with E-state index in [1.807, 2.05) is 19.1 Å².